The Bertz CT molecular complexity index is 1590. The summed E-state index contributed by atoms with van der Waals surface area (Å²) in [4.78, 5) is 22.1. The first-order chi connectivity index (χ1) is 20.5. The largest absolute Gasteiger partial charge is 0.404 e. The van der Waals surface area contributed by atoms with Crippen molar-refractivity contribution in [2.24, 2.45) is 0 Å². The van der Waals surface area contributed by atoms with Crippen LogP contribution in [0.15, 0.2) is 30.3 Å². The van der Waals surface area contributed by atoms with Crippen LogP contribution in [0.4, 0.5) is 23.2 Å². The second kappa shape index (κ2) is 11.7. The van der Waals surface area contributed by atoms with Crippen molar-refractivity contribution in [3.63, 3.8) is 0 Å². The van der Waals surface area contributed by atoms with Crippen LogP contribution in [-0.4, -0.2) is 91.4 Å². The number of anilines is 1. The zero-order chi connectivity index (χ0) is 30.4. The summed E-state index contributed by atoms with van der Waals surface area (Å²) in [5.74, 6) is -3.78. The molecule has 15 heteroatoms. The zero-order valence-corrected chi connectivity index (χ0v) is 24.1. The van der Waals surface area contributed by atoms with Crippen molar-refractivity contribution in [1.29, 1.82) is 0 Å². The number of nitrogens with one attached hydrogen (secondary N) is 1. The van der Waals surface area contributed by atoms with Gasteiger partial charge < -0.3 is 9.64 Å². The van der Waals surface area contributed by atoms with Crippen molar-refractivity contribution in [1.82, 2.24) is 24.4 Å². The van der Waals surface area contributed by atoms with E-state index in [2.05, 4.69) is 14.8 Å². The van der Waals surface area contributed by atoms with Gasteiger partial charge in [-0.2, -0.15) is 18.3 Å². The summed E-state index contributed by atoms with van der Waals surface area (Å²) in [6.07, 6.45) is -0.497. The van der Waals surface area contributed by atoms with E-state index >= 15 is 0 Å². The molecule has 3 aromatic rings. The minimum atomic E-state index is -5.03. The number of halogens is 4. The molecule has 2 saturated heterocycles. The molecule has 10 nitrogen and oxygen atoms in total. The van der Waals surface area contributed by atoms with Gasteiger partial charge in [-0.3, -0.25) is 9.69 Å². The Kier molecular flexibility index (Phi) is 8.07. The predicted octanol–water partition coefficient (Wildman–Crippen LogP) is 3.75. The van der Waals surface area contributed by atoms with Gasteiger partial charge in [-0.15, -0.1) is 0 Å². The minimum Gasteiger partial charge on any atom is -0.379 e. The highest BCUT2D eigenvalue weighted by atomic mass is 32.2. The Labute approximate surface area is 246 Å². The van der Waals surface area contributed by atoms with Gasteiger partial charge in [-0.05, 0) is 56.0 Å². The monoisotopic (exact) mass is 624 g/mol. The third kappa shape index (κ3) is 6.48. The van der Waals surface area contributed by atoms with Crippen LogP contribution in [0, 0.1) is 5.82 Å². The fourth-order valence-electron chi connectivity index (χ4n) is 6.08. The van der Waals surface area contributed by atoms with E-state index in [1.54, 1.807) is 0 Å². The molecule has 1 amide bonds. The summed E-state index contributed by atoms with van der Waals surface area (Å²) in [6.45, 7) is 4.37. The van der Waals surface area contributed by atoms with Gasteiger partial charge in [0.1, 0.15) is 11.5 Å². The maximum absolute atomic E-state index is 13.8. The number of nitrogens with zero attached hydrogens (tertiary/aromatic N) is 5. The average molecular weight is 625 g/mol. The van der Waals surface area contributed by atoms with Crippen LogP contribution in [-0.2, 0) is 14.8 Å². The molecular formula is C28H32F4N6O4S. The minimum absolute atomic E-state index is 0.141. The number of carbonyl (C=O) groups excluding carboxylic acids is 1. The highest BCUT2D eigenvalue weighted by Gasteiger charge is 2.37. The van der Waals surface area contributed by atoms with E-state index in [0.29, 0.717) is 49.1 Å². The number of hydrogen-bond donors (Lipinski definition) is 1. The summed E-state index contributed by atoms with van der Waals surface area (Å²) in [5.41, 5.74) is 1.77. The van der Waals surface area contributed by atoms with E-state index in [9.17, 15) is 30.8 Å². The number of amides is 1. The number of morpholine rings is 1. The molecule has 6 rings (SSSR count). The first kappa shape index (κ1) is 29.8. The fraction of sp³-hybridized carbons (Fsp3) is 0.536. The number of aromatic nitrogens is 3. The van der Waals surface area contributed by atoms with Crippen molar-refractivity contribution in [2.75, 3.05) is 50.0 Å². The summed E-state index contributed by atoms with van der Waals surface area (Å²) >= 11 is 0. The average Bonchev–Trinajstić information content (AvgIpc) is 3.30. The van der Waals surface area contributed by atoms with Crippen LogP contribution in [0.1, 0.15) is 54.2 Å². The Balaban J connectivity index is 1.42. The van der Waals surface area contributed by atoms with Crippen LogP contribution in [0.2, 0.25) is 0 Å². The third-order valence-electron chi connectivity index (χ3n) is 8.41. The maximum Gasteiger partial charge on any atom is 0.404 e. The molecule has 232 valence electrons. The maximum atomic E-state index is 13.8. The second-order valence-corrected chi connectivity index (χ2v) is 13.0. The van der Waals surface area contributed by atoms with Crippen LogP contribution in [0.25, 0.3) is 16.7 Å². The SMILES string of the molecule is O=C(NS(=O)(=O)CC(F)(F)F)c1cc(N2CCC(N3CCOCC3)CC2)c2c(C3CCC3)nn(-c3ccc(F)cc3)c2n1. The molecule has 3 aliphatic rings. The number of benzene rings is 1. The number of pyridine rings is 1. The van der Waals surface area contributed by atoms with E-state index < -0.39 is 33.7 Å². The first-order valence-corrected chi connectivity index (χ1v) is 16.0. The van der Waals surface area contributed by atoms with Gasteiger partial charge in [0, 0.05) is 38.1 Å². The Morgan fingerprint density at radius 3 is 2.30 bits per heavy atom. The lowest BCUT2D eigenvalue weighted by Gasteiger charge is -2.41. The van der Waals surface area contributed by atoms with E-state index in [4.69, 9.17) is 9.84 Å². The van der Waals surface area contributed by atoms with Crippen LogP contribution < -0.4 is 9.62 Å². The van der Waals surface area contributed by atoms with Crippen molar-refractivity contribution >= 4 is 32.7 Å². The lowest BCUT2D eigenvalue weighted by molar-refractivity contribution is -0.106. The van der Waals surface area contributed by atoms with Crippen molar-refractivity contribution < 1.29 is 35.5 Å². The van der Waals surface area contributed by atoms with Crippen LogP contribution in [0.5, 0.6) is 0 Å². The zero-order valence-electron chi connectivity index (χ0n) is 23.3. The number of hydrogen-bond acceptors (Lipinski definition) is 8. The lowest BCUT2D eigenvalue weighted by Crippen LogP contribution is -2.49. The topological polar surface area (TPSA) is 110 Å². The third-order valence-corrected chi connectivity index (χ3v) is 9.61. The highest BCUT2D eigenvalue weighted by molar-refractivity contribution is 7.90. The van der Waals surface area contributed by atoms with Gasteiger partial charge in [-0.25, -0.2) is 27.2 Å². The van der Waals surface area contributed by atoms with Crippen molar-refractivity contribution in [3.05, 3.63) is 47.5 Å². The molecule has 1 aromatic carbocycles. The molecule has 2 aromatic heterocycles. The predicted molar refractivity (Wildman–Crippen MR) is 150 cm³/mol. The van der Waals surface area contributed by atoms with Crippen molar-refractivity contribution in [2.45, 2.75) is 50.2 Å². The molecule has 43 heavy (non-hydrogen) atoms. The summed E-state index contributed by atoms with van der Waals surface area (Å²) < 4.78 is 85.2. The van der Waals surface area contributed by atoms with Crippen LogP contribution >= 0.6 is 0 Å². The number of ether oxygens (including phenoxy) is 1. The number of carbonyl (C=O) groups is 1. The number of alkyl halides is 3. The molecular weight excluding hydrogens is 592 g/mol. The van der Waals surface area contributed by atoms with Gasteiger partial charge in [0.15, 0.2) is 11.4 Å². The molecule has 0 unspecified atom stereocenters. The Hall–Kier alpha value is -3.30. The molecule has 3 fully saturated rings. The molecule has 1 aliphatic carbocycles. The molecule has 1 N–H and O–H groups in total. The lowest BCUT2D eigenvalue weighted by atomic mass is 9.82. The Morgan fingerprint density at radius 1 is 1.02 bits per heavy atom. The first-order valence-electron chi connectivity index (χ1n) is 14.4. The summed E-state index contributed by atoms with van der Waals surface area (Å²) in [6, 6.07) is 7.38. The number of rotatable bonds is 7. The number of fused-ring (bicyclic) bond motifs is 1. The molecule has 0 radical (unpaired) electrons. The van der Waals surface area contributed by atoms with E-state index in [1.165, 1.54) is 39.7 Å². The van der Waals surface area contributed by atoms with Crippen molar-refractivity contribution in [3.8, 4) is 5.69 Å². The number of sulfonamides is 1. The standard InChI is InChI=1S/C28H32F4N6O4S/c29-19-4-6-21(7-5-19)38-26-24(25(34-38)18-2-1-3-18)23(37-10-8-20(9-11-37)36-12-14-42-15-13-36)16-22(33-26)27(39)35-43(40,41)17-28(30,31)32/h4-7,16,18,20H,1-3,8-15,17H2,(H,35,39). The Morgan fingerprint density at radius 2 is 1.70 bits per heavy atom. The highest BCUT2D eigenvalue weighted by Crippen LogP contribution is 2.43. The molecule has 0 atom stereocenters. The quantitative estimate of drug-likeness (QED) is 0.396. The van der Waals surface area contributed by atoms with Gasteiger partial charge in [0.2, 0.25) is 10.0 Å². The normalized spacial score (nSPS) is 19.5. The summed E-state index contributed by atoms with van der Waals surface area (Å²) in [7, 11) is -5.03. The molecule has 0 spiro atoms. The molecule has 0 bridgehead atoms. The van der Waals surface area contributed by atoms with E-state index in [0.717, 1.165) is 50.9 Å². The van der Waals surface area contributed by atoms with Gasteiger partial charge >= 0.3 is 6.18 Å². The molecule has 4 heterocycles. The molecule has 2 aliphatic heterocycles. The molecule has 1 saturated carbocycles. The van der Waals surface area contributed by atoms with E-state index in [-0.39, 0.29) is 17.3 Å². The van der Waals surface area contributed by atoms with Gasteiger partial charge in [0.25, 0.3) is 5.91 Å². The summed E-state index contributed by atoms with van der Waals surface area (Å²) in [5, 5.41) is 5.57. The van der Waals surface area contributed by atoms with E-state index in [1.807, 2.05) is 0 Å². The van der Waals surface area contributed by atoms with Crippen LogP contribution in [0.3, 0.4) is 0 Å². The van der Waals surface area contributed by atoms with Gasteiger partial charge in [-0.1, -0.05) is 6.42 Å². The fourth-order valence-corrected chi connectivity index (χ4v) is 6.97. The van der Waals surface area contributed by atoms with Gasteiger partial charge in [0.05, 0.1) is 35.7 Å². The second-order valence-electron chi connectivity index (χ2n) is 11.3. The number of piperidine rings is 1. The smallest absolute Gasteiger partial charge is 0.379 e.